The molecule has 0 amide bonds. The zero-order valence-electron chi connectivity index (χ0n) is 9.23. The van der Waals surface area contributed by atoms with Gasteiger partial charge in [-0.1, -0.05) is 48.7 Å². The third kappa shape index (κ3) is 2.95. The predicted octanol–water partition coefficient (Wildman–Crippen LogP) is 4.19. The summed E-state index contributed by atoms with van der Waals surface area (Å²) in [5.41, 5.74) is 0.586. The number of rotatable bonds is 4. The molecule has 0 unspecified atom stereocenters. The molecule has 5 heteroatoms. The lowest BCUT2D eigenvalue weighted by Crippen LogP contribution is -2.22. The van der Waals surface area contributed by atoms with Crippen LogP contribution in [0.1, 0.15) is 19.4 Å². The van der Waals surface area contributed by atoms with Crippen LogP contribution in [0.3, 0.4) is 0 Å². The van der Waals surface area contributed by atoms with E-state index in [0.29, 0.717) is 22.2 Å². The van der Waals surface area contributed by atoms with Gasteiger partial charge in [0, 0.05) is 12.1 Å². The second kappa shape index (κ2) is 5.97. The Balaban J connectivity index is 3.11. The Morgan fingerprint density at radius 3 is 2.19 bits per heavy atom. The van der Waals surface area contributed by atoms with Crippen LogP contribution in [0.5, 0.6) is 5.75 Å². The third-order valence-corrected chi connectivity index (χ3v) is 3.63. The molecule has 16 heavy (non-hydrogen) atoms. The molecule has 0 bridgehead atoms. The van der Waals surface area contributed by atoms with Gasteiger partial charge in [0.2, 0.25) is 0 Å². The number of nitrogens with zero attached hydrogens (tertiary/aromatic N) is 1. The Morgan fingerprint density at radius 2 is 1.69 bits per heavy atom. The fourth-order valence-corrected chi connectivity index (χ4v) is 2.16. The Morgan fingerprint density at radius 1 is 1.12 bits per heavy atom. The lowest BCUT2D eigenvalue weighted by molar-refractivity contribution is 0.291. The molecule has 0 aliphatic heterocycles. The average molecular weight is 283 g/mol. The van der Waals surface area contributed by atoms with Crippen molar-refractivity contribution in [3.8, 4) is 5.75 Å². The predicted molar refractivity (Wildman–Crippen MR) is 69.8 cm³/mol. The van der Waals surface area contributed by atoms with Gasteiger partial charge in [0.1, 0.15) is 5.75 Å². The smallest absolute Gasteiger partial charge is 0.140 e. The van der Waals surface area contributed by atoms with E-state index >= 15 is 0 Å². The molecule has 0 radical (unpaired) electrons. The van der Waals surface area contributed by atoms with Crippen LogP contribution in [-0.4, -0.2) is 23.1 Å². The van der Waals surface area contributed by atoms with Gasteiger partial charge in [0.05, 0.1) is 15.1 Å². The highest BCUT2D eigenvalue weighted by molar-refractivity contribution is 6.44. The fourth-order valence-electron chi connectivity index (χ4n) is 1.45. The van der Waals surface area contributed by atoms with Crippen molar-refractivity contribution in [1.29, 1.82) is 0 Å². The van der Waals surface area contributed by atoms with Crippen LogP contribution in [-0.2, 0) is 6.54 Å². The van der Waals surface area contributed by atoms with E-state index in [2.05, 4.69) is 4.90 Å². The zero-order chi connectivity index (χ0) is 12.3. The summed E-state index contributed by atoms with van der Waals surface area (Å²) in [7, 11) is 0. The summed E-state index contributed by atoms with van der Waals surface area (Å²) in [6.07, 6.45) is 0. The molecule has 0 saturated heterocycles. The van der Waals surface area contributed by atoms with Gasteiger partial charge in [-0.2, -0.15) is 0 Å². The van der Waals surface area contributed by atoms with Gasteiger partial charge < -0.3 is 5.11 Å². The molecule has 0 aliphatic carbocycles. The molecule has 1 aromatic rings. The molecule has 0 spiro atoms. The number of halogens is 3. The second-order valence-electron chi connectivity index (χ2n) is 3.44. The van der Waals surface area contributed by atoms with Crippen molar-refractivity contribution in [3.63, 3.8) is 0 Å². The molecule has 0 fully saturated rings. The summed E-state index contributed by atoms with van der Waals surface area (Å²) >= 11 is 17.8. The van der Waals surface area contributed by atoms with E-state index in [-0.39, 0.29) is 10.8 Å². The number of benzene rings is 1. The van der Waals surface area contributed by atoms with E-state index < -0.39 is 0 Å². The van der Waals surface area contributed by atoms with Gasteiger partial charge in [-0.25, -0.2) is 0 Å². The largest absolute Gasteiger partial charge is 0.506 e. The minimum absolute atomic E-state index is 0.0166. The Kier molecular flexibility index (Phi) is 5.19. The molecular weight excluding hydrogens is 268 g/mol. The first-order chi connectivity index (χ1) is 7.51. The minimum atomic E-state index is 0.0166. The zero-order valence-corrected chi connectivity index (χ0v) is 11.5. The first-order valence-electron chi connectivity index (χ1n) is 5.08. The third-order valence-electron chi connectivity index (χ3n) is 2.52. The highest BCUT2D eigenvalue weighted by Crippen LogP contribution is 2.38. The van der Waals surface area contributed by atoms with Crippen LogP contribution >= 0.6 is 34.8 Å². The topological polar surface area (TPSA) is 23.5 Å². The van der Waals surface area contributed by atoms with Gasteiger partial charge in [-0.3, -0.25) is 4.90 Å². The molecule has 1 aromatic carbocycles. The van der Waals surface area contributed by atoms with Crippen molar-refractivity contribution in [2.24, 2.45) is 0 Å². The lowest BCUT2D eigenvalue weighted by atomic mass is 10.2. The van der Waals surface area contributed by atoms with Crippen LogP contribution in [0.25, 0.3) is 0 Å². The van der Waals surface area contributed by atoms with Crippen molar-refractivity contribution < 1.29 is 5.11 Å². The van der Waals surface area contributed by atoms with Gasteiger partial charge in [0.15, 0.2) is 0 Å². The molecule has 0 heterocycles. The quantitative estimate of drug-likeness (QED) is 0.837. The average Bonchev–Trinajstić information content (AvgIpc) is 2.27. The fraction of sp³-hybridized carbons (Fsp3) is 0.455. The first-order valence-corrected chi connectivity index (χ1v) is 6.22. The Bertz CT molecular complexity index is 352. The Labute approximate surface area is 111 Å². The summed E-state index contributed by atoms with van der Waals surface area (Å²) in [4.78, 5) is 2.12. The summed E-state index contributed by atoms with van der Waals surface area (Å²) in [5.74, 6) is 0.0166. The van der Waals surface area contributed by atoms with Crippen molar-refractivity contribution in [3.05, 3.63) is 26.7 Å². The number of hydrogen-bond acceptors (Lipinski definition) is 2. The maximum Gasteiger partial charge on any atom is 0.140 e. The van der Waals surface area contributed by atoms with Crippen molar-refractivity contribution in [2.75, 3.05) is 13.1 Å². The molecule has 1 rings (SSSR count). The van der Waals surface area contributed by atoms with E-state index in [9.17, 15) is 5.11 Å². The highest BCUT2D eigenvalue weighted by Gasteiger charge is 2.16. The maximum atomic E-state index is 9.84. The van der Waals surface area contributed by atoms with Crippen LogP contribution in [0.4, 0.5) is 0 Å². The number of phenolic OH excluding ortho intramolecular Hbond substituents is 1. The van der Waals surface area contributed by atoms with E-state index in [1.165, 1.54) is 6.07 Å². The normalized spacial score (nSPS) is 11.1. The molecular formula is C11H14Cl3NO. The maximum absolute atomic E-state index is 9.84. The molecule has 2 nitrogen and oxygen atoms in total. The highest BCUT2D eigenvalue weighted by atomic mass is 35.5. The van der Waals surface area contributed by atoms with Gasteiger partial charge in [-0.15, -0.1) is 0 Å². The van der Waals surface area contributed by atoms with Crippen molar-refractivity contribution in [1.82, 2.24) is 4.90 Å². The summed E-state index contributed by atoms with van der Waals surface area (Å²) in [6, 6.07) is 1.45. The number of hydrogen-bond donors (Lipinski definition) is 1. The van der Waals surface area contributed by atoms with Gasteiger partial charge >= 0.3 is 0 Å². The minimum Gasteiger partial charge on any atom is -0.506 e. The first kappa shape index (κ1) is 13.9. The van der Waals surface area contributed by atoms with Crippen molar-refractivity contribution >= 4 is 34.8 Å². The van der Waals surface area contributed by atoms with Crippen LogP contribution < -0.4 is 0 Å². The van der Waals surface area contributed by atoms with Crippen LogP contribution in [0, 0.1) is 0 Å². The van der Waals surface area contributed by atoms with E-state index in [4.69, 9.17) is 34.8 Å². The monoisotopic (exact) mass is 281 g/mol. The van der Waals surface area contributed by atoms with E-state index in [1.54, 1.807) is 0 Å². The Hall–Kier alpha value is -0.150. The molecule has 0 aliphatic rings. The van der Waals surface area contributed by atoms with Crippen LogP contribution in [0.2, 0.25) is 15.1 Å². The van der Waals surface area contributed by atoms with Crippen molar-refractivity contribution in [2.45, 2.75) is 20.4 Å². The molecule has 0 atom stereocenters. The molecule has 0 saturated carbocycles. The summed E-state index contributed by atoms with van der Waals surface area (Å²) < 4.78 is 0. The SMILES string of the molecule is CCN(CC)Cc1c(O)c(Cl)cc(Cl)c1Cl. The van der Waals surface area contributed by atoms with Crippen LogP contribution in [0.15, 0.2) is 6.07 Å². The van der Waals surface area contributed by atoms with E-state index in [0.717, 1.165) is 13.1 Å². The molecule has 1 N–H and O–H groups in total. The lowest BCUT2D eigenvalue weighted by Gasteiger charge is -2.20. The number of phenols is 1. The molecule has 0 aromatic heterocycles. The standard InChI is InChI=1S/C11H14Cl3NO/c1-3-15(4-2)6-7-10(14)8(12)5-9(13)11(7)16/h5,16H,3-4,6H2,1-2H3. The summed E-state index contributed by atoms with van der Waals surface area (Å²) in [6.45, 7) is 6.37. The van der Waals surface area contributed by atoms with E-state index in [1.807, 2.05) is 13.8 Å². The summed E-state index contributed by atoms with van der Waals surface area (Å²) in [5, 5.41) is 10.8. The van der Waals surface area contributed by atoms with Gasteiger partial charge in [0.25, 0.3) is 0 Å². The molecule has 90 valence electrons. The van der Waals surface area contributed by atoms with Gasteiger partial charge in [-0.05, 0) is 19.2 Å². The second-order valence-corrected chi connectivity index (χ2v) is 4.64. The number of aromatic hydroxyl groups is 1.